The van der Waals surface area contributed by atoms with Crippen molar-refractivity contribution in [3.63, 3.8) is 0 Å². The normalized spacial score (nSPS) is 12.9. The molecule has 0 spiro atoms. The van der Waals surface area contributed by atoms with E-state index in [1.54, 1.807) is 12.1 Å². The number of fused-ring (bicyclic) bond motifs is 1. The number of rotatable bonds is 20. The maximum Gasteiger partial charge on any atom is 0.323 e. The van der Waals surface area contributed by atoms with Gasteiger partial charge in [-0.25, -0.2) is 0 Å². The van der Waals surface area contributed by atoms with Crippen molar-refractivity contribution in [2.45, 2.75) is 87.4 Å². The summed E-state index contributed by atoms with van der Waals surface area (Å²) in [5, 5.41) is 91.6. The third kappa shape index (κ3) is 43.2. The predicted molar refractivity (Wildman–Crippen MR) is 265 cm³/mol. The van der Waals surface area contributed by atoms with Crippen LogP contribution < -0.4 is 57.3 Å². The van der Waals surface area contributed by atoms with E-state index in [1.165, 1.54) is 19.1 Å². The molecule has 0 fully saturated rings. The number of carboxylic acids is 8. The van der Waals surface area contributed by atoms with Crippen LogP contribution in [0.4, 0.5) is 0 Å². The van der Waals surface area contributed by atoms with Crippen LogP contribution in [-0.2, 0) is 60.8 Å². The maximum atomic E-state index is 10.6. The van der Waals surface area contributed by atoms with Crippen LogP contribution in [0.1, 0.15) is 37.3 Å². The Morgan fingerprint density at radius 1 is 0.581 bits per heavy atom. The highest BCUT2D eigenvalue weighted by Gasteiger charge is 2.17. The molecule has 0 saturated heterocycles. The predicted octanol–water partition coefficient (Wildman–Crippen LogP) is -6.07. The number of aliphatic hydroxyl groups excluding tert-OH is 2. The lowest BCUT2D eigenvalue weighted by molar-refractivity contribution is -0.141. The van der Waals surface area contributed by atoms with E-state index in [2.05, 4.69) is 29.1 Å². The maximum absolute atomic E-state index is 10.6. The number of phenols is 1. The molecule has 0 saturated carbocycles. The highest BCUT2D eigenvalue weighted by Crippen LogP contribution is 2.18. The second-order valence-electron chi connectivity index (χ2n) is 14.3. The molecule has 32 nitrogen and oxygen atoms in total. The molecule has 0 aliphatic heterocycles. The zero-order valence-electron chi connectivity index (χ0n) is 39.7. The van der Waals surface area contributed by atoms with Crippen molar-refractivity contribution >= 4 is 83.1 Å². The summed E-state index contributed by atoms with van der Waals surface area (Å²) in [5.74, 6) is -9.53. The SMILES string of the molecule is CC(O)C(N)C(=O)O.NC(=O)CC(N)C(=O)O.NC(=O)CCC(N)C(=O)O.NC(CO)C(=O)O.NC(CS)C(=O)O.NC(Cc1c[nH]c2ccccc12)C(=O)O.NC(Cc1ccc(O)cc1)C(=O)O.NCC(=O)O. The number of thiol groups is 1. The molecule has 1 heterocycles. The number of carbonyl (C=O) groups is 10. The Bertz CT molecular complexity index is 2150. The van der Waals surface area contributed by atoms with Crippen LogP contribution in [0.5, 0.6) is 5.75 Å². The molecule has 8 atom stereocenters. The Kier molecular flexibility index (Phi) is 43.8. The van der Waals surface area contributed by atoms with Gasteiger partial charge in [-0.15, -0.1) is 0 Å². The minimum absolute atomic E-state index is 0.0213. The summed E-state index contributed by atoms with van der Waals surface area (Å²) >= 11 is 3.65. The van der Waals surface area contributed by atoms with E-state index in [9.17, 15) is 47.9 Å². The van der Waals surface area contributed by atoms with Crippen LogP contribution in [0.25, 0.3) is 10.9 Å². The Balaban J connectivity index is -0.000000251. The van der Waals surface area contributed by atoms with Crippen LogP contribution in [0.15, 0.2) is 54.7 Å². The van der Waals surface area contributed by atoms with Crippen LogP contribution in [0.2, 0.25) is 0 Å². The summed E-state index contributed by atoms with van der Waals surface area (Å²) in [6, 6.07) is 7.10. The molecule has 0 aliphatic rings. The second kappa shape index (κ2) is 43.1. The third-order valence-corrected chi connectivity index (χ3v) is 8.30. The molecule has 0 radical (unpaired) electrons. The summed E-state index contributed by atoms with van der Waals surface area (Å²) in [6.07, 6.45) is 1.27. The van der Waals surface area contributed by atoms with Crippen LogP contribution in [-0.4, -0.2) is 188 Å². The third-order valence-electron chi connectivity index (χ3n) is 7.91. The molecule has 74 heavy (non-hydrogen) atoms. The number of nitrogens with one attached hydrogen (secondary N) is 1. The molecule has 2 aromatic carbocycles. The van der Waals surface area contributed by atoms with Gasteiger partial charge < -0.3 is 118 Å². The van der Waals surface area contributed by atoms with Crippen molar-refractivity contribution in [2.24, 2.45) is 57.3 Å². The number of aromatic amines is 1. The number of amides is 2. The summed E-state index contributed by atoms with van der Waals surface area (Å²) in [5.41, 5.74) is 52.1. The highest BCUT2D eigenvalue weighted by atomic mass is 32.1. The van der Waals surface area contributed by atoms with Gasteiger partial charge in [0, 0.05) is 35.7 Å². The van der Waals surface area contributed by atoms with Gasteiger partial charge in [0.25, 0.3) is 0 Å². The zero-order chi connectivity index (χ0) is 59.0. The number of aromatic hydroxyl groups is 1. The Labute approximate surface area is 426 Å². The number of hydrogen-bond acceptors (Lipinski definition) is 22. The number of aliphatic hydroxyl groups is 2. The van der Waals surface area contributed by atoms with E-state index in [-0.39, 0.29) is 43.7 Å². The van der Waals surface area contributed by atoms with Crippen molar-refractivity contribution in [3.05, 3.63) is 65.9 Å². The molecular weight excluding hydrogens is 1010 g/mol. The van der Waals surface area contributed by atoms with Gasteiger partial charge in [-0.3, -0.25) is 47.9 Å². The molecule has 0 aliphatic carbocycles. The second-order valence-corrected chi connectivity index (χ2v) is 14.7. The molecule has 0 bridgehead atoms. The average molecular weight is 1080 g/mol. The first-order chi connectivity index (χ1) is 34.0. The van der Waals surface area contributed by atoms with Gasteiger partial charge in [-0.2, -0.15) is 12.6 Å². The van der Waals surface area contributed by atoms with Crippen molar-refractivity contribution in [1.82, 2.24) is 4.98 Å². The fraction of sp³-hybridized carbons (Fsp3) is 0.415. The molecule has 33 heteroatoms. The van der Waals surface area contributed by atoms with Crippen molar-refractivity contribution < 1.29 is 104 Å². The van der Waals surface area contributed by atoms with E-state index in [4.69, 9.17) is 102 Å². The zero-order valence-corrected chi connectivity index (χ0v) is 40.6. The van der Waals surface area contributed by atoms with E-state index in [0.29, 0.717) is 6.42 Å². The van der Waals surface area contributed by atoms with Crippen LogP contribution in [0, 0.1) is 0 Å². The number of para-hydroxylation sites is 1. The first kappa shape index (κ1) is 75.4. The first-order valence-electron chi connectivity index (χ1n) is 20.6. The van der Waals surface area contributed by atoms with E-state index >= 15 is 0 Å². The smallest absolute Gasteiger partial charge is 0.323 e. The fourth-order valence-electron chi connectivity index (χ4n) is 3.69. The van der Waals surface area contributed by atoms with Gasteiger partial charge in [0.15, 0.2) is 0 Å². The monoisotopic (exact) mass is 1080 g/mol. The van der Waals surface area contributed by atoms with Crippen molar-refractivity contribution in [3.8, 4) is 5.75 Å². The molecule has 1 aromatic heterocycles. The number of hydrogen-bond donors (Lipinski definition) is 23. The molecule has 8 unspecified atom stereocenters. The number of carboxylic acid groups (broad SMARTS) is 8. The van der Waals surface area contributed by atoms with Gasteiger partial charge in [-0.1, -0.05) is 30.3 Å². The summed E-state index contributed by atoms with van der Waals surface area (Å²) in [4.78, 5) is 103. The molecular formula is C41H69N11O21S. The number of aromatic nitrogens is 1. The number of phenolic OH excluding ortho intramolecular Hbond substituents is 1. The molecule has 420 valence electrons. The lowest BCUT2D eigenvalue weighted by Gasteiger charge is -2.06. The standard InChI is InChI=1S/C11H12N2O2.C9H11NO3.C5H10N2O3.C4H8N2O3.C4H9NO3.C3H7NO3.C3H7NO2S.C2H5NO2/c12-9(11(14)15)5-7-6-13-10-4-2-1-3-8(7)10;10-8(9(12)13)5-6-1-3-7(11)4-2-6;6-3(5(9)10)1-2-4(7)8;5-2(4(8)9)1-3(6)7;1-2(6)3(5)4(7)8;4-2(1-5)3(6)7;4-2(1-7)3(5)6;3-1-2(4)5/h1-4,6,9,13H,5,12H2,(H,14,15);1-4,8,11H,5,10H2,(H,12,13);3H,1-2,6H2,(H2,7,8)(H,9,10);2H,1,5H2,(H2,6,7)(H,8,9);2-3,6H,5H2,1H3,(H,7,8);2,5H,1,4H2,(H,6,7);2,7H,1,4H2,(H,5,6);1,3H2,(H,4,5). The van der Waals surface area contributed by atoms with Gasteiger partial charge in [0.05, 0.1) is 25.7 Å². The molecule has 3 aromatic rings. The minimum atomic E-state index is -1.21. The summed E-state index contributed by atoms with van der Waals surface area (Å²) in [7, 11) is 0. The largest absolute Gasteiger partial charge is 0.508 e. The molecule has 32 N–H and O–H groups in total. The van der Waals surface area contributed by atoms with E-state index < -0.39 is 115 Å². The fourth-order valence-corrected chi connectivity index (χ4v) is 3.84. The number of benzene rings is 2. The summed E-state index contributed by atoms with van der Waals surface area (Å²) < 4.78 is 0. The first-order valence-corrected chi connectivity index (χ1v) is 21.3. The number of nitrogens with two attached hydrogens (primary N) is 10. The van der Waals surface area contributed by atoms with Crippen molar-refractivity contribution in [2.75, 3.05) is 18.9 Å². The van der Waals surface area contributed by atoms with E-state index in [0.717, 1.165) is 22.0 Å². The van der Waals surface area contributed by atoms with Gasteiger partial charge in [-0.05, 0) is 49.1 Å². The van der Waals surface area contributed by atoms with Gasteiger partial charge >= 0.3 is 47.8 Å². The Morgan fingerprint density at radius 2 is 1.00 bits per heavy atom. The Hall–Kier alpha value is -7.57. The van der Waals surface area contributed by atoms with Crippen LogP contribution in [0.3, 0.4) is 0 Å². The minimum Gasteiger partial charge on any atom is -0.508 e. The van der Waals surface area contributed by atoms with Crippen LogP contribution >= 0.6 is 12.6 Å². The Morgan fingerprint density at radius 3 is 1.28 bits per heavy atom. The highest BCUT2D eigenvalue weighted by molar-refractivity contribution is 7.80. The van der Waals surface area contributed by atoms with E-state index in [1.807, 2.05) is 30.5 Å². The van der Waals surface area contributed by atoms with Gasteiger partial charge in [0.2, 0.25) is 11.8 Å². The number of H-pyrrole nitrogens is 1. The number of primary amides is 2. The quantitative estimate of drug-likeness (QED) is 0.0468. The molecule has 2 amide bonds. The lowest BCUT2D eigenvalue weighted by Crippen LogP contribution is -2.39. The lowest BCUT2D eigenvalue weighted by atomic mass is 10.1. The number of carbonyl (C=O) groups excluding carboxylic acids is 2. The summed E-state index contributed by atoms with van der Waals surface area (Å²) in [6.45, 7) is 0.550. The van der Waals surface area contributed by atoms with Crippen molar-refractivity contribution in [1.29, 1.82) is 0 Å². The average Bonchev–Trinajstić information content (AvgIpc) is 3.73. The number of aliphatic carboxylic acids is 8. The molecule has 3 rings (SSSR count). The van der Waals surface area contributed by atoms with Gasteiger partial charge in [0.1, 0.15) is 48.0 Å². The topological polar surface area (TPSA) is 669 Å².